The zero-order valence-corrected chi connectivity index (χ0v) is 6.86. The second kappa shape index (κ2) is 15.6. The number of rotatable bonds is 3. The van der Waals surface area contributed by atoms with Gasteiger partial charge in [-0.3, -0.25) is 10.9 Å². The maximum Gasteiger partial charge on any atom is 0.00713 e. The molecule has 0 heterocycles. The van der Waals surface area contributed by atoms with Gasteiger partial charge in [-0.15, -0.1) is 24.8 Å². The van der Waals surface area contributed by atoms with E-state index in [1.807, 2.05) is 0 Å². The number of halogens is 2. The van der Waals surface area contributed by atoms with Crippen molar-refractivity contribution in [3.05, 3.63) is 0 Å². The Hall–Kier alpha value is 0.500. The fraction of sp³-hybridized carbons (Fsp3) is 1.00. The van der Waals surface area contributed by atoms with Gasteiger partial charge in [-0.2, -0.15) is 0 Å². The first kappa shape index (κ1) is 15.8. The molecular weight excluding hydrogens is 147 g/mol. The lowest BCUT2D eigenvalue weighted by Crippen LogP contribution is -2.30. The molecule has 2 nitrogen and oxygen atoms in total. The molecule has 0 rings (SSSR count). The Balaban J connectivity index is -0.000000125. The fourth-order valence-corrected chi connectivity index (χ4v) is 0.250. The van der Waals surface area contributed by atoms with Gasteiger partial charge < -0.3 is 0 Å². The largest absolute Gasteiger partial charge is 0.258 e. The van der Waals surface area contributed by atoms with Crippen LogP contribution < -0.4 is 10.9 Å². The van der Waals surface area contributed by atoms with Crippen LogP contribution in [-0.4, -0.2) is 13.1 Å². The Morgan fingerprint density at radius 3 is 1.25 bits per heavy atom. The molecule has 0 radical (unpaired) electrons. The standard InChI is InChI=1S/C4H12N2.2ClH/c1-3-5-6-4-2;;/h5-6H,3-4H2,1-2H3;2*1H. The van der Waals surface area contributed by atoms with Crippen LogP contribution in [0.4, 0.5) is 0 Å². The SMILES string of the molecule is CCNNCC.Cl.Cl. The minimum atomic E-state index is 0. The maximum atomic E-state index is 2.95. The van der Waals surface area contributed by atoms with Gasteiger partial charge in [-0.05, 0) is 0 Å². The molecule has 4 heteroatoms. The molecule has 0 aromatic carbocycles. The van der Waals surface area contributed by atoms with Crippen molar-refractivity contribution in [2.24, 2.45) is 0 Å². The van der Waals surface area contributed by atoms with Gasteiger partial charge in [0.2, 0.25) is 0 Å². The summed E-state index contributed by atoms with van der Waals surface area (Å²) in [5.41, 5.74) is 5.90. The molecule has 0 spiro atoms. The Morgan fingerprint density at radius 1 is 0.875 bits per heavy atom. The average molecular weight is 161 g/mol. The maximum absolute atomic E-state index is 2.95. The van der Waals surface area contributed by atoms with Gasteiger partial charge in [0, 0.05) is 13.1 Å². The monoisotopic (exact) mass is 160 g/mol. The van der Waals surface area contributed by atoms with Gasteiger partial charge in [0.05, 0.1) is 0 Å². The van der Waals surface area contributed by atoms with E-state index in [1.54, 1.807) is 0 Å². The lowest BCUT2D eigenvalue weighted by atomic mass is 10.8. The van der Waals surface area contributed by atoms with Crippen LogP contribution in [0.2, 0.25) is 0 Å². The molecule has 0 aromatic heterocycles. The van der Waals surface area contributed by atoms with Crippen molar-refractivity contribution in [2.45, 2.75) is 13.8 Å². The molecule has 0 aliphatic rings. The summed E-state index contributed by atoms with van der Waals surface area (Å²) in [5.74, 6) is 0. The van der Waals surface area contributed by atoms with Crippen molar-refractivity contribution in [2.75, 3.05) is 13.1 Å². The molecule has 0 bridgehead atoms. The number of nitrogens with one attached hydrogen (secondary N) is 2. The van der Waals surface area contributed by atoms with Crippen LogP contribution >= 0.6 is 24.8 Å². The highest BCUT2D eigenvalue weighted by Crippen LogP contribution is 1.44. The summed E-state index contributed by atoms with van der Waals surface area (Å²) in [4.78, 5) is 0. The van der Waals surface area contributed by atoms with E-state index < -0.39 is 0 Å². The van der Waals surface area contributed by atoms with Crippen molar-refractivity contribution >= 4 is 24.8 Å². The normalized spacial score (nSPS) is 6.75. The van der Waals surface area contributed by atoms with E-state index in [-0.39, 0.29) is 24.8 Å². The first-order valence-corrected chi connectivity index (χ1v) is 2.37. The zero-order chi connectivity index (χ0) is 4.83. The lowest BCUT2D eigenvalue weighted by molar-refractivity contribution is 0.573. The van der Waals surface area contributed by atoms with Gasteiger partial charge in [0.25, 0.3) is 0 Å². The molecule has 0 unspecified atom stereocenters. The number of hydrazine groups is 1. The summed E-state index contributed by atoms with van der Waals surface area (Å²) in [6.07, 6.45) is 0. The van der Waals surface area contributed by atoms with Gasteiger partial charge in [-0.1, -0.05) is 13.8 Å². The molecule has 0 aromatic rings. The minimum Gasteiger partial charge on any atom is -0.258 e. The van der Waals surface area contributed by atoms with Gasteiger partial charge in [0.1, 0.15) is 0 Å². The second-order valence-electron chi connectivity index (χ2n) is 1.06. The summed E-state index contributed by atoms with van der Waals surface area (Å²) in [7, 11) is 0. The van der Waals surface area contributed by atoms with Crippen LogP contribution in [0.1, 0.15) is 13.8 Å². The van der Waals surface area contributed by atoms with Crippen molar-refractivity contribution in [3.63, 3.8) is 0 Å². The Kier molecular flexibility index (Phi) is 30.9. The van der Waals surface area contributed by atoms with Crippen molar-refractivity contribution in [3.8, 4) is 0 Å². The lowest BCUT2D eigenvalue weighted by Gasteiger charge is -1.95. The van der Waals surface area contributed by atoms with E-state index in [0.29, 0.717) is 0 Å². The smallest absolute Gasteiger partial charge is 0.00713 e. The summed E-state index contributed by atoms with van der Waals surface area (Å²) >= 11 is 0. The summed E-state index contributed by atoms with van der Waals surface area (Å²) in [5, 5.41) is 0. The van der Waals surface area contributed by atoms with E-state index in [0.717, 1.165) is 13.1 Å². The molecule has 0 fully saturated rings. The Labute approximate surface area is 63.2 Å². The summed E-state index contributed by atoms with van der Waals surface area (Å²) in [6.45, 7) is 6.10. The first-order chi connectivity index (χ1) is 2.91. The highest BCUT2D eigenvalue weighted by Gasteiger charge is 1.67. The van der Waals surface area contributed by atoms with E-state index in [4.69, 9.17) is 0 Å². The minimum absolute atomic E-state index is 0. The van der Waals surface area contributed by atoms with Gasteiger partial charge in [0.15, 0.2) is 0 Å². The van der Waals surface area contributed by atoms with Crippen LogP contribution in [0, 0.1) is 0 Å². The third-order valence-corrected chi connectivity index (χ3v) is 0.479. The zero-order valence-electron chi connectivity index (χ0n) is 5.23. The van der Waals surface area contributed by atoms with Gasteiger partial charge in [-0.25, -0.2) is 0 Å². The number of hydrogen-bond donors (Lipinski definition) is 2. The van der Waals surface area contributed by atoms with Crippen LogP contribution in [0.5, 0.6) is 0 Å². The van der Waals surface area contributed by atoms with E-state index in [1.165, 1.54) is 0 Å². The average Bonchev–Trinajstić information content (AvgIpc) is 1.61. The molecule has 0 aliphatic heterocycles. The molecule has 0 saturated carbocycles. The predicted molar refractivity (Wildman–Crippen MR) is 41.8 cm³/mol. The van der Waals surface area contributed by atoms with Gasteiger partial charge >= 0.3 is 0 Å². The van der Waals surface area contributed by atoms with Crippen molar-refractivity contribution in [1.29, 1.82) is 0 Å². The molecule has 0 aliphatic carbocycles. The fourth-order valence-electron chi connectivity index (χ4n) is 0.250. The second-order valence-corrected chi connectivity index (χ2v) is 1.06. The quantitative estimate of drug-likeness (QED) is 0.476. The Morgan fingerprint density at radius 2 is 1.12 bits per heavy atom. The molecule has 8 heavy (non-hydrogen) atoms. The molecule has 0 atom stereocenters. The first-order valence-electron chi connectivity index (χ1n) is 2.37. The van der Waals surface area contributed by atoms with Crippen molar-refractivity contribution < 1.29 is 0 Å². The summed E-state index contributed by atoms with van der Waals surface area (Å²) < 4.78 is 0. The Bertz CT molecular complexity index is 24.0. The topological polar surface area (TPSA) is 24.1 Å². The molecule has 54 valence electrons. The highest BCUT2D eigenvalue weighted by atomic mass is 35.5. The molecular formula is C4H14Cl2N2. The van der Waals surface area contributed by atoms with Crippen LogP contribution in [-0.2, 0) is 0 Å². The third kappa shape index (κ3) is 16.1. The van der Waals surface area contributed by atoms with Crippen LogP contribution in [0.15, 0.2) is 0 Å². The predicted octanol–water partition coefficient (Wildman–Crippen LogP) is 0.964. The molecule has 2 N–H and O–H groups in total. The van der Waals surface area contributed by atoms with E-state index in [2.05, 4.69) is 24.7 Å². The van der Waals surface area contributed by atoms with Crippen molar-refractivity contribution in [1.82, 2.24) is 10.9 Å². The van der Waals surface area contributed by atoms with E-state index in [9.17, 15) is 0 Å². The third-order valence-electron chi connectivity index (χ3n) is 0.479. The molecule has 0 saturated heterocycles. The molecule has 0 amide bonds. The highest BCUT2D eigenvalue weighted by molar-refractivity contribution is 5.85. The summed E-state index contributed by atoms with van der Waals surface area (Å²) in [6, 6.07) is 0. The number of hydrogen-bond acceptors (Lipinski definition) is 2. The van der Waals surface area contributed by atoms with E-state index >= 15 is 0 Å². The van der Waals surface area contributed by atoms with Crippen LogP contribution in [0.3, 0.4) is 0 Å². The van der Waals surface area contributed by atoms with Crippen LogP contribution in [0.25, 0.3) is 0 Å².